The maximum Gasteiger partial charge on any atom is 0.511 e. The minimum atomic E-state index is -5.26. The maximum absolute atomic E-state index is 13.3. The second kappa shape index (κ2) is 10.8. The van der Waals surface area contributed by atoms with Crippen LogP contribution >= 0.6 is 24.0 Å². The Balaban J connectivity index is 0.00000420. The number of halogens is 5. The summed E-state index contributed by atoms with van der Waals surface area (Å²) in [5, 5.41) is 3.15. The molecule has 0 amide bonds. The average Bonchev–Trinajstić information content (AvgIpc) is 2.61. The summed E-state index contributed by atoms with van der Waals surface area (Å²) < 4.78 is 74.5. The van der Waals surface area contributed by atoms with E-state index in [0.29, 0.717) is 36.2 Å². The van der Waals surface area contributed by atoms with Crippen molar-refractivity contribution in [3.8, 4) is 0 Å². The fourth-order valence-corrected chi connectivity index (χ4v) is 4.09. The normalized spacial score (nSPS) is 17.0. The van der Waals surface area contributed by atoms with Gasteiger partial charge in [-0.15, -0.1) is 24.0 Å². The van der Waals surface area contributed by atoms with Crippen LogP contribution < -0.4 is 5.32 Å². The van der Waals surface area contributed by atoms with Crippen molar-refractivity contribution >= 4 is 40.0 Å². The monoisotopic (exact) mass is 552 g/mol. The molecule has 0 unspecified atom stereocenters. The molecule has 1 saturated heterocycles. The summed E-state index contributed by atoms with van der Waals surface area (Å²) in [5.74, 6) is 0.267. The molecular weight excluding hydrogens is 527 g/mol. The number of benzene rings is 1. The molecule has 1 N–H and O–H groups in total. The molecule has 1 heterocycles. The van der Waals surface area contributed by atoms with Crippen LogP contribution in [0.2, 0.25) is 0 Å². The van der Waals surface area contributed by atoms with Crippen molar-refractivity contribution in [3.05, 3.63) is 35.6 Å². The number of nitrogens with one attached hydrogen (secondary N) is 1. The molecule has 0 aliphatic carbocycles. The Bertz CT molecular complexity index is 797. The second-order valence-electron chi connectivity index (χ2n) is 6.71. The predicted octanol–water partition coefficient (Wildman–Crippen LogP) is 3.01. The van der Waals surface area contributed by atoms with Gasteiger partial charge in [0.15, 0.2) is 5.96 Å². The topological polar surface area (TPSA) is 65.0 Å². The van der Waals surface area contributed by atoms with Crippen molar-refractivity contribution in [2.75, 3.05) is 33.7 Å². The van der Waals surface area contributed by atoms with Crippen LogP contribution in [0.5, 0.6) is 0 Å². The van der Waals surface area contributed by atoms with Crippen molar-refractivity contribution in [1.29, 1.82) is 0 Å². The van der Waals surface area contributed by atoms with Crippen molar-refractivity contribution in [3.63, 3.8) is 0 Å². The number of rotatable bonds is 5. The van der Waals surface area contributed by atoms with E-state index in [4.69, 9.17) is 0 Å². The van der Waals surface area contributed by atoms with Gasteiger partial charge in [0.2, 0.25) is 0 Å². The number of aliphatic imine (C=N–C) groups is 1. The van der Waals surface area contributed by atoms with E-state index in [1.807, 2.05) is 0 Å². The van der Waals surface area contributed by atoms with Gasteiger partial charge in [-0.3, -0.25) is 4.99 Å². The van der Waals surface area contributed by atoms with Gasteiger partial charge in [-0.25, -0.2) is 12.8 Å². The van der Waals surface area contributed by atoms with E-state index in [1.54, 1.807) is 31.1 Å². The molecule has 0 spiro atoms. The standard InChI is InChI=1S/C17H24F4N4O2S.HI/c1-22-16(24(2)12-14-4-3-5-15(18)10-14)23-11-13-6-8-25(9-7-13)28(26,27)17(19,20)21;/h3-5,10,13H,6-9,11-12H2,1-2H3,(H,22,23);1H. The van der Waals surface area contributed by atoms with Gasteiger partial charge in [0.05, 0.1) is 0 Å². The molecule has 166 valence electrons. The zero-order chi connectivity index (χ0) is 20.9. The molecule has 1 aliphatic rings. The van der Waals surface area contributed by atoms with Gasteiger partial charge in [0, 0.05) is 40.3 Å². The lowest BCUT2D eigenvalue weighted by atomic mass is 9.98. The minimum Gasteiger partial charge on any atom is -0.356 e. The average molecular weight is 552 g/mol. The third-order valence-electron chi connectivity index (χ3n) is 4.64. The van der Waals surface area contributed by atoms with Crippen LogP contribution in [0.3, 0.4) is 0 Å². The number of piperidine rings is 1. The highest BCUT2D eigenvalue weighted by Crippen LogP contribution is 2.30. The van der Waals surface area contributed by atoms with Crippen LogP contribution in [0.4, 0.5) is 17.6 Å². The molecule has 1 aromatic carbocycles. The largest absolute Gasteiger partial charge is 0.511 e. The lowest BCUT2D eigenvalue weighted by Gasteiger charge is -2.32. The molecule has 6 nitrogen and oxygen atoms in total. The Hall–Kier alpha value is -1.15. The van der Waals surface area contributed by atoms with E-state index < -0.39 is 15.5 Å². The lowest BCUT2D eigenvalue weighted by Crippen LogP contribution is -2.47. The zero-order valence-electron chi connectivity index (χ0n) is 16.1. The minimum absolute atomic E-state index is 0. The van der Waals surface area contributed by atoms with Crippen molar-refractivity contribution < 1.29 is 26.0 Å². The summed E-state index contributed by atoms with van der Waals surface area (Å²) in [5.41, 5.74) is -4.49. The highest BCUT2D eigenvalue weighted by Gasteiger charge is 2.50. The van der Waals surface area contributed by atoms with Gasteiger partial charge in [0.25, 0.3) is 0 Å². The molecule has 2 rings (SSSR count). The summed E-state index contributed by atoms with van der Waals surface area (Å²) in [7, 11) is -1.87. The van der Waals surface area contributed by atoms with E-state index >= 15 is 0 Å². The van der Waals surface area contributed by atoms with E-state index in [2.05, 4.69) is 10.3 Å². The first-order valence-electron chi connectivity index (χ1n) is 8.77. The summed E-state index contributed by atoms with van der Waals surface area (Å²) >= 11 is 0. The van der Waals surface area contributed by atoms with E-state index in [1.165, 1.54) is 12.1 Å². The molecule has 1 fully saturated rings. The maximum atomic E-state index is 13.3. The number of nitrogens with zero attached hydrogens (tertiary/aromatic N) is 3. The second-order valence-corrected chi connectivity index (χ2v) is 8.64. The summed E-state index contributed by atoms with van der Waals surface area (Å²) in [6.45, 7) is 0.567. The molecule has 12 heteroatoms. The van der Waals surface area contributed by atoms with Crippen LogP contribution in [0.1, 0.15) is 18.4 Å². The molecular formula is C17H25F4IN4O2S. The van der Waals surface area contributed by atoms with Gasteiger partial charge >= 0.3 is 15.5 Å². The molecule has 0 bridgehead atoms. The first-order chi connectivity index (χ1) is 13.0. The summed E-state index contributed by atoms with van der Waals surface area (Å²) in [4.78, 5) is 5.96. The van der Waals surface area contributed by atoms with Crippen LogP contribution in [0.25, 0.3) is 0 Å². The van der Waals surface area contributed by atoms with Crippen molar-refractivity contribution in [2.45, 2.75) is 24.9 Å². The van der Waals surface area contributed by atoms with Crippen LogP contribution in [0.15, 0.2) is 29.3 Å². The van der Waals surface area contributed by atoms with E-state index in [0.717, 1.165) is 5.56 Å². The number of sulfonamides is 1. The van der Waals surface area contributed by atoms with Crippen molar-refractivity contribution in [2.24, 2.45) is 10.9 Å². The highest BCUT2D eigenvalue weighted by atomic mass is 127. The molecule has 29 heavy (non-hydrogen) atoms. The molecule has 0 saturated carbocycles. The highest BCUT2D eigenvalue weighted by molar-refractivity contribution is 14.0. The number of guanidine groups is 1. The summed E-state index contributed by atoms with van der Waals surface area (Å²) in [6.07, 6.45) is 0.653. The van der Waals surface area contributed by atoms with Crippen LogP contribution in [-0.4, -0.2) is 62.8 Å². The number of hydrogen-bond acceptors (Lipinski definition) is 3. The van der Waals surface area contributed by atoms with Gasteiger partial charge in [-0.1, -0.05) is 12.1 Å². The Kier molecular flexibility index (Phi) is 9.60. The predicted molar refractivity (Wildman–Crippen MR) is 114 cm³/mol. The quantitative estimate of drug-likeness (QED) is 0.264. The Labute approximate surface area is 185 Å². The third-order valence-corrected chi connectivity index (χ3v) is 6.27. The molecule has 0 radical (unpaired) electrons. The number of hydrogen-bond donors (Lipinski definition) is 1. The Morgan fingerprint density at radius 3 is 2.45 bits per heavy atom. The Morgan fingerprint density at radius 2 is 1.93 bits per heavy atom. The first-order valence-corrected chi connectivity index (χ1v) is 10.2. The third kappa shape index (κ3) is 6.95. The first kappa shape index (κ1) is 25.9. The van der Waals surface area contributed by atoms with Gasteiger partial charge in [0.1, 0.15) is 5.82 Å². The molecule has 1 aromatic rings. The van der Waals surface area contributed by atoms with E-state index in [-0.39, 0.29) is 48.8 Å². The summed E-state index contributed by atoms with van der Waals surface area (Å²) in [6, 6.07) is 6.21. The molecule has 0 atom stereocenters. The lowest BCUT2D eigenvalue weighted by molar-refractivity contribution is -0.0496. The smallest absolute Gasteiger partial charge is 0.356 e. The van der Waals surface area contributed by atoms with Crippen LogP contribution in [-0.2, 0) is 16.6 Å². The van der Waals surface area contributed by atoms with Gasteiger partial charge in [-0.2, -0.15) is 17.5 Å². The zero-order valence-corrected chi connectivity index (χ0v) is 19.3. The molecule has 1 aliphatic heterocycles. The fraction of sp³-hybridized carbons (Fsp3) is 0.588. The fourth-order valence-electron chi connectivity index (χ4n) is 3.10. The van der Waals surface area contributed by atoms with Gasteiger partial charge in [-0.05, 0) is 36.5 Å². The SMILES string of the molecule is CN=C(NCC1CCN(S(=O)(=O)C(F)(F)F)CC1)N(C)Cc1cccc(F)c1.I. The van der Waals surface area contributed by atoms with Crippen molar-refractivity contribution in [1.82, 2.24) is 14.5 Å². The Morgan fingerprint density at radius 1 is 1.31 bits per heavy atom. The van der Waals surface area contributed by atoms with Crippen LogP contribution in [0, 0.1) is 11.7 Å². The van der Waals surface area contributed by atoms with E-state index in [9.17, 15) is 26.0 Å². The van der Waals surface area contributed by atoms with Gasteiger partial charge < -0.3 is 10.2 Å². The molecule has 0 aromatic heterocycles. The number of alkyl halides is 3.